The number of rotatable bonds is 2. The maximum absolute atomic E-state index is 12.8. The summed E-state index contributed by atoms with van der Waals surface area (Å²) in [5.74, 6) is -0.881. The van der Waals surface area contributed by atoms with Gasteiger partial charge in [0.15, 0.2) is 0 Å². The molecule has 0 aliphatic carbocycles. The monoisotopic (exact) mass is 302 g/mol. The first-order valence-electron chi connectivity index (χ1n) is 3.39. The second-order valence-corrected chi connectivity index (χ2v) is 3.47. The predicted octanol–water partition coefficient (Wildman–Crippen LogP) is 2.22. The Kier molecular flexibility index (Phi) is 3.48. The van der Waals surface area contributed by atoms with Crippen LogP contribution in [0.25, 0.3) is 0 Å². The van der Waals surface area contributed by atoms with E-state index in [9.17, 15) is 13.2 Å². The fraction of sp³-hybridized carbons (Fsp3) is 0.286. The molecule has 2 nitrogen and oxygen atoms in total. The lowest BCUT2D eigenvalue weighted by atomic mass is 10.2. The zero-order chi connectivity index (χ0) is 10.0. The molecule has 0 spiro atoms. The third-order valence-corrected chi connectivity index (χ3v) is 2.23. The van der Waals surface area contributed by atoms with E-state index in [2.05, 4.69) is 4.98 Å². The minimum atomic E-state index is -2.79. The molecule has 0 aliphatic rings. The smallest absolute Gasteiger partial charge is 0.280 e. The summed E-state index contributed by atoms with van der Waals surface area (Å²) in [4.78, 5) is 3.14. The Bertz CT molecular complexity index is 317. The van der Waals surface area contributed by atoms with Crippen molar-refractivity contribution in [2.24, 2.45) is 5.73 Å². The molecule has 1 heterocycles. The number of halogens is 4. The fourth-order valence-electron chi connectivity index (χ4n) is 0.870. The second kappa shape index (κ2) is 4.23. The Labute approximate surface area is 86.5 Å². The molecule has 1 aromatic heterocycles. The van der Waals surface area contributed by atoms with E-state index < -0.39 is 18.1 Å². The largest absolute Gasteiger partial charge is 0.326 e. The van der Waals surface area contributed by atoms with E-state index >= 15 is 0 Å². The number of alkyl halides is 2. The van der Waals surface area contributed by atoms with Crippen LogP contribution >= 0.6 is 22.6 Å². The van der Waals surface area contributed by atoms with Crippen molar-refractivity contribution in [1.29, 1.82) is 0 Å². The Balaban J connectivity index is 3.25. The molecule has 0 fully saturated rings. The van der Waals surface area contributed by atoms with Gasteiger partial charge in [0.2, 0.25) is 5.95 Å². The summed E-state index contributed by atoms with van der Waals surface area (Å²) in [6, 6.07) is 1.28. The quantitative estimate of drug-likeness (QED) is 0.672. The first-order valence-corrected chi connectivity index (χ1v) is 4.47. The Morgan fingerprint density at radius 2 is 2.15 bits per heavy atom. The topological polar surface area (TPSA) is 38.9 Å². The lowest BCUT2D eigenvalue weighted by Gasteiger charge is -2.06. The van der Waals surface area contributed by atoms with Gasteiger partial charge in [-0.15, -0.1) is 0 Å². The summed E-state index contributed by atoms with van der Waals surface area (Å²) in [5, 5.41) is 0. The van der Waals surface area contributed by atoms with Crippen LogP contribution < -0.4 is 5.73 Å². The Morgan fingerprint density at radius 1 is 1.54 bits per heavy atom. The lowest BCUT2D eigenvalue weighted by molar-refractivity contribution is 0.143. The maximum atomic E-state index is 12.8. The van der Waals surface area contributed by atoms with Gasteiger partial charge in [0.1, 0.15) is 5.69 Å². The molecule has 6 heteroatoms. The van der Waals surface area contributed by atoms with Crippen molar-refractivity contribution in [2.75, 3.05) is 0 Å². The van der Waals surface area contributed by atoms with Crippen molar-refractivity contribution in [3.63, 3.8) is 0 Å². The van der Waals surface area contributed by atoms with Crippen molar-refractivity contribution in [3.05, 3.63) is 26.8 Å². The van der Waals surface area contributed by atoms with Gasteiger partial charge in [-0.05, 0) is 34.2 Å². The van der Waals surface area contributed by atoms with Crippen LogP contribution in [0.4, 0.5) is 13.2 Å². The van der Waals surface area contributed by atoms with Gasteiger partial charge in [-0.25, -0.2) is 13.8 Å². The van der Waals surface area contributed by atoms with Gasteiger partial charge in [-0.2, -0.15) is 4.39 Å². The van der Waals surface area contributed by atoms with E-state index in [4.69, 9.17) is 5.73 Å². The molecule has 0 saturated carbocycles. The number of nitrogens with zero attached hydrogens (tertiary/aromatic N) is 1. The van der Waals surface area contributed by atoms with E-state index in [0.29, 0.717) is 0 Å². The normalized spacial score (nSPS) is 10.9. The first-order chi connectivity index (χ1) is 6.06. The summed E-state index contributed by atoms with van der Waals surface area (Å²) in [6.07, 6.45) is -2.79. The van der Waals surface area contributed by atoms with Crippen LogP contribution in [0.5, 0.6) is 0 Å². The van der Waals surface area contributed by atoms with Crippen LogP contribution in [-0.4, -0.2) is 4.98 Å². The molecule has 0 radical (unpaired) electrons. The Morgan fingerprint density at radius 3 is 2.62 bits per heavy atom. The van der Waals surface area contributed by atoms with Crippen LogP contribution in [0.2, 0.25) is 0 Å². The molecule has 0 aromatic carbocycles. The van der Waals surface area contributed by atoms with Gasteiger partial charge < -0.3 is 5.73 Å². The fourth-order valence-corrected chi connectivity index (χ4v) is 1.37. The molecule has 1 aromatic rings. The SMILES string of the molecule is NCc1cc(I)c(F)nc1C(F)F. The molecular formula is C7H6F3IN2. The van der Waals surface area contributed by atoms with Crippen molar-refractivity contribution in [1.82, 2.24) is 4.98 Å². The van der Waals surface area contributed by atoms with E-state index in [-0.39, 0.29) is 15.7 Å². The summed E-state index contributed by atoms with van der Waals surface area (Å²) in [7, 11) is 0. The molecule has 0 atom stereocenters. The van der Waals surface area contributed by atoms with Crippen LogP contribution in [0.3, 0.4) is 0 Å². The predicted molar refractivity (Wildman–Crippen MR) is 49.8 cm³/mol. The van der Waals surface area contributed by atoms with Crippen LogP contribution in [-0.2, 0) is 6.54 Å². The van der Waals surface area contributed by atoms with Crippen molar-refractivity contribution >= 4 is 22.6 Å². The molecule has 1 rings (SSSR count). The van der Waals surface area contributed by atoms with Crippen LogP contribution in [0, 0.1) is 9.52 Å². The van der Waals surface area contributed by atoms with E-state index in [1.54, 1.807) is 22.6 Å². The number of nitrogens with two attached hydrogens (primary N) is 1. The van der Waals surface area contributed by atoms with Gasteiger partial charge in [-0.3, -0.25) is 0 Å². The molecule has 0 amide bonds. The number of hydrogen-bond donors (Lipinski definition) is 1. The van der Waals surface area contributed by atoms with E-state index in [1.807, 2.05) is 0 Å². The molecular weight excluding hydrogens is 296 g/mol. The van der Waals surface area contributed by atoms with Crippen LogP contribution in [0.15, 0.2) is 6.07 Å². The second-order valence-electron chi connectivity index (χ2n) is 2.31. The third-order valence-electron chi connectivity index (χ3n) is 1.47. The zero-order valence-corrected chi connectivity index (χ0v) is 8.56. The Hall–Kier alpha value is -0.370. The number of pyridine rings is 1. The highest BCUT2D eigenvalue weighted by atomic mass is 127. The van der Waals surface area contributed by atoms with Crippen LogP contribution in [0.1, 0.15) is 17.7 Å². The number of hydrogen-bond acceptors (Lipinski definition) is 2. The van der Waals surface area contributed by atoms with Gasteiger partial charge in [0, 0.05) is 6.54 Å². The highest BCUT2D eigenvalue weighted by molar-refractivity contribution is 14.1. The average molecular weight is 302 g/mol. The maximum Gasteiger partial charge on any atom is 0.280 e. The molecule has 0 bridgehead atoms. The average Bonchev–Trinajstić information content (AvgIpc) is 2.08. The molecule has 0 saturated heterocycles. The molecule has 2 N–H and O–H groups in total. The van der Waals surface area contributed by atoms with Gasteiger partial charge in [0.05, 0.1) is 3.57 Å². The summed E-state index contributed by atoms with van der Waals surface area (Å²) in [5.41, 5.74) is 4.82. The molecule has 13 heavy (non-hydrogen) atoms. The molecule has 0 unspecified atom stereocenters. The number of aromatic nitrogens is 1. The first kappa shape index (κ1) is 10.7. The summed E-state index contributed by atoms with van der Waals surface area (Å²) in [6.45, 7) is -0.0665. The lowest BCUT2D eigenvalue weighted by Crippen LogP contribution is -2.07. The van der Waals surface area contributed by atoms with Crippen molar-refractivity contribution in [2.45, 2.75) is 13.0 Å². The van der Waals surface area contributed by atoms with Crippen molar-refractivity contribution in [3.8, 4) is 0 Å². The standard InChI is InChI=1S/C7H6F3IN2/c8-6(9)5-3(2-12)1-4(11)7(10)13-5/h1,6H,2,12H2. The summed E-state index contributed by atoms with van der Waals surface area (Å²) < 4.78 is 37.4. The van der Waals surface area contributed by atoms with Gasteiger partial charge >= 0.3 is 0 Å². The van der Waals surface area contributed by atoms with Crippen molar-refractivity contribution < 1.29 is 13.2 Å². The zero-order valence-electron chi connectivity index (χ0n) is 6.40. The highest BCUT2D eigenvalue weighted by Crippen LogP contribution is 2.23. The minimum absolute atomic E-state index is 0.0665. The highest BCUT2D eigenvalue weighted by Gasteiger charge is 2.16. The molecule has 0 aliphatic heterocycles. The summed E-state index contributed by atoms with van der Waals surface area (Å²) >= 11 is 1.68. The third kappa shape index (κ3) is 2.31. The minimum Gasteiger partial charge on any atom is -0.326 e. The van der Waals surface area contributed by atoms with E-state index in [0.717, 1.165) is 0 Å². The van der Waals surface area contributed by atoms with Gasteiger partial charge in [0.25, 0.3) is 6.43 Å². The van der Waals surface area contributed by atoms with E-state index in [1.165, 1.54) is 6.07 Å². The van der Waals surface area contributed by atoms with Gasteiger partial charge in [-0.1, -0.05) is 0 Å². The molecule has 72 valence electrons.